The molecule has 1 unspecified atom stereocenters. The molecule has 160 valence electrons. The number of nitrogens with one attached hydrogen (secondary N) is 2. The molecule has 2 aromatic carbocycles. The van der Waals surface area contributed by atoms with Crippen molar-refractivity contribution in [1.82, 2.24) is 10.2 Å². The molecule has 0 saturated heterocycles. The molecule has 0 heterocycles. The van der Waals surface area contributed by atoms with Crippen LogP contribution in [-0.2, 0) is 9.59 Å². The zero-order valence-electron chi connectivity index (χ0n) is 18.1. The highest BCUT2D eigenvalue weighted by molar-refractivity contribution is 7.98. The van der Waals surface area contributed by atoms with Crippen LogP contribution in [0.25, 0.3) is 0 Å². The van der Waals surface area contributed by atoms with E-state index in [0.717, 1.165) is 10.5 Å². The Morgan fingerprint density at radius 2 is 1.67 bits per heavy atom. The molecule has 0 aliphatic carbocycles. The van der Waals surface area contributed by atoms with Gasteiger partial charge in [-0.1, -0.05) is 44.2 Å². The number of hydrogen-bond acceptors (Lipinski definition) is 4. The summed E-state index contributed by atoms with van der Waals surface area (Å²) < 4.78 is 0. The molecule has 3 amide bonds. The smallest absolute Gasteiger partial charge is 0.252 e. The fraction of sp³-hybridized carbons (Fsp3) is 0.348. The number of anilines is 1. The molecular weight excluding hydrogens is 398 g/mol. The van der Waals surface area contributed by atoms with Crippen molar-refractivity contribution in [3.63, 3.8) is 0 Å². The number of nitrogens with zero attached hydrogens (tertiary/aromatic N) is 1. The maximum Gasteiger partial charge on any atom is 0.252 e. The van der Waals surface area contributed by atoms with Gasteiger partial charge in [-0.3, -0.25) is 14.4 Å². The molecule has 0 spiro atoms. The second-order valence-corrected chi connectivity index (χ2v) is 8.30. The maximum atomic E-state index is 13.0. The van der Waals surface area contributed by atoms with Crippen molar-refractivity contribution in [1.29, 1.82) is 0 Å². The van der Waals surface area contributed by atoms with Crippen LogP contribution < -0.4 is 10.6 Å². The Morgan fingerprint density at radius 1 is 1.03 bits per heavy atom. The third-order valence-electron chi connectivity index (χ3n) is 4.75. The first-order chi connectivity index (χ1) is 14.2. The quantitative estimate of drug-likeness (QED) is 0.632. The summed E-state index contributed by atoms with van der Waals surface area (Å²) in [5.74, 6) is -1.03. The average Bonchev–Trinajstić information content (AvgIpc) is 2.71. The van der Waals surface area contributed by atoms with Crippen LogP contribution in [0.15, 0.2) is 53.4 Å². The van der Waals surface area contributed by atoms with Gasteiger partial charge in [0.15, 0.2) is 0 Å². The molecule has 0 aliphatic rings. The number of hydrogen-bond donors (Lipinski definition) is 2. The van der Waals surface area contributed by atoms with Crippen LogP contribution in [-0.4, -0.2) is 48.5 Å². The third-order valence-corrected chi connectivity index (χ3v) is 5.54. The fourth-order valence-electron chi connectivity index (χ4n) is 3.03. The molecule has 0 saturated carbocycles. The zero-order valence-corrected chi connectivity index (χ0v) is 18.9. The number of thioether (sulfide) groups is 1. The molecule has 2 aromatic rings. The highest BCUT2D eigenvalue weighted by atomic mass is 32.2. The topological polar surface area (TPSA) is 78.5 Å². The summed E-state index contributed by atoms with van der Waals surface area (Å²) in [6, 6.07) is 14.0. The van der Waals surface area contributed by atoms with Gasteiger partial charge >= 0.3 is 0 Å². The number of likely N-dealkylation sites (N-methyl/N-ethyl adjacent to an activating group) is 1. The Balaban J connectivity index is 2.04. The van der Waals surface area contributed by atoms with Crippen LogP contribution in [0.4, 0.5) is 5.69 Å². The predicted octanol–water partition coefficient (Wildman–Crippen LogP) is 3.57. The lowest BCUT2D eigenvalue weighted by Crippen LogP contribution is -2.51. The Hall–Kier alpha value is -2.80. The lowest BCUT2D eigenvalue weighted by Gasteiger charge is -2.27. The van der Waals surface area contributed by atoms with Crippen molar-refractivity contribution >= 4 is 35.2 Å². The zero-order chi connectivity index (χ0) is 22.3. The molecule has 6 nitrogen and oxygen atoms in total. The number of rotatable bonds is 8. The first-order valence-corrected chi connectivity index (χ1v) is 11.0. The summed E-state index contributed by atoms with van der Waals surface area (Å²) in [4.78, 5) is 40.4. The predicted molar refractivity (Wildman–Crippen MR) is 122 cm³/mol. The lowest BCUT2D eigenvalue weighted by molar-refractivity contribution is -0.135. The number of amides is 3. The number of aryl methyl sites for hydroxylation is 1. The van der Waals surface area contributed by atoms with Crippen molar-refractivity contribution in [2.45, 2.75) is 31.7 Å². The van der Waals surface area contributed by atoms with Gasteiger partial charge in [0.2, 0.25) is 11.8 Å². The van der Waals surface area contributed by atoms with E-state index in [0.29, 0.717) is 11.3 Å². The largest absolute Gasteiger partial charge is 0.340 e. The van der Waals surface area contributed by atoms with Crippen LogP contribution in [0.1, 0.15) is 29.8 Å². The van der Waals surface area contributed by atoms with Crippen LogP contribution in [0.5, 0.6) is 0 Å². The van der Waals surface area contributed by atoms with Crippen molar-refractivity contribution in [2.75, 3.05) is 25.2 Å². The minimum atomic E-state index is -0.728. The van der Waals surface area contributed by atoms with Gasteiger partial charge in [0.25, 0.3) is 5.91 Å². The molecule has 1 atom stereocenters. The SMILES string of the molecule is CSc1ccccc1NC(=O)CN(C)C(=O)C(NC(=O)c1ccccc1C)C(C)C. The molecule has 0 fully saturated rings. The molecule has 0 bridgehead atoms. The van der Waals surface area contributed by atoms with Gasteiger partial charge in [0.05, 0.1) is 12.2 Å². The minimum absolute atomic E-state index is 0.106. The van der Waals surface area contributed by atoms with Crippen molar-refractivity contribution in [3.8, 4) is 0 Å². The average molecular weight is 428 g/mol. The third kappa shape index (κ3) is 6.10. The van der Waals surface area contributed by atoms with Crippen molar-refractivity contribution in [2.24, 2.45) is 5.92 Å². The van der Waals surface area contributed by atoms with Gasteiger partial charge in [-0.05, 0) is 42.9 Å². The van der Waals surface area contributed by atoms with E-state index in [2.05, 4.69) is 10.6 Å². The molecule has 2 N–H and O–H groups in total. The Morgan fingerprint density at radius 3 is 2.30 bits per heavy atom. The normalized spacial score (nSPS) is 11.7. The highest BCUT2D eigenvalue weighted by Crippen LogP contribution is 2.24. The summed E-state index contributed by atoms with van der Waals surface area (Å²) in [6.07, 6.45) is 1.94. The van der Waals surface area contributed by atoms with Crippen LogP contribution in [0, 0.1) is 12.8 Å². The second-order valence-electron chi connectivity index (χ2n) is 7.45. The van der Waals surface area contributed by atoms with E-state index in [1.165, 1.54) is 16.7 Å². The van der Waals surface area contributed by atoms with E-state index in [1.54, 1.807) is 19.2 Å². The number of carbonyl (C=O) groups excluding carboxylic acids is 3. The molecular formula is C23H29N3O3S. The minimum Gasteiger partial charge on any atom is -0.340 e. The van der Waals surface area contributed by atoms with E-state index in [4.69, 9.17) is 0 Å². The molecule has 0 aliphatic heterocycles. The van der Waals surface area contributed by atoms with Crippen molar-refractivity contribution in [3.05, 3.63) is 59.7 Å². The highest BCUT2D eigenvalue weighted by Gasteiger charge is 2.28. The molecule has 30 heavy (non-hydrogen) atoms. The van der Waals surface area contributed by atoms with Gasteiger partial charge in [0.1, 0.15) is 6.04 Å². The first kappa shape index (κ1) is 23.5. The summed E-state index contributed by atoms with van der Waals surface area (Å²) in [6.45, 7) is 5.47. The maximum absolute atomic E-state index is 13.0. The van der Waals surface area contributed by atoms with E-state index in [1.807, 2.05) is 63.4 Å². The van der Waals surface area contributed by atoms with Gasteiger partial charge < -0.3 is 15.5 Å². The molecule has 7 heteroatoms. The number of benzene rings is 2. The van der Waals surface area contributed by atoms with E-state index < -0.39 is 6.04 Å². The monoisotopic (exact) mass is 427 g/mol. The van der Waals surface area contributed by atoms with Crippen LogP contribution >= 0.6 is 11.8 Å². The standard InChI is InChI=1S/C23H29N3O3S/c1-15(2)21(25-22(28)17-11-7-6-10-16(17)3)23(29)26(4)14-20(27)24-18-12-8-9-13-19(18)30-5/h6-13,15,21H,14H2,1-5H3,(H,24,27)(H,25,28). The van der Waals surface area contributed by atoms with Gasteiger partial charge in [0, 0.05) is 17.5 Å². The van der Waals surface area contributed by atoms with Gasteiger partial charge in [-0.2, -0.15) is 0 Å². The lowest BCUT2D eigenvalue weighted by atomic mass is 10.0. The van der Waals surface area contributed by atoms with E-state index in [-0.39, 0.29) is 30.2 Å². The summed E-state index contributed by atoms with van der Waals surface area (Å²) in [5.41, 5.74) is 2.08. The van der Waals surface area contributed by atoms with Gasteiger partial charge in [-0.25, -0.2) is 0 Å². The number of para-hydroxylation sites is 1. The van der Waals surface area contributed by atoms with E-state index in [9.17, 15) is 14.4 Å². The Labute approximate surface area is 182 Å². The summed E-state index contributed by atoms with van der Waals surface area (Å²) in [7, 11) is 1.57. The van der Waals surface area contributed by atoms with Gasteiger partial charge in [-0.15, -0.1) is 11.8 Å². The molecule has 0 aromatic heterocycles. The summed E-state index contributed by atoms with van der Waals surface area (Å²) >= 11 is 1.53. The fourth-order valence-corrected chi connectivity index (χ4v) is 3.58. The van der Waals surface area contributed by atoms with Crippen molar-refractivity contribution < 1.29 is 14.4 Å². The second kappa shape index (κ2) is 10.8. The Kier molecular flexibility index (Phi) is 8.47. The van der Waals surface area contributed by atoms with Crippen LogP contribution in [0.3, 0.4) is 0 Å². The first-order valence-electron chi connectivity index (χ1n) is 9.79. The summed E-state index contributed by atoms with van der Waals surface area (Å²) in [5, 5.41) is 5.68. The van der Waals surface area contributed by atoms with E-state index >= 15 is 0 Å². The molecule has 2 rings (SSSR count). The number of carbonyl (C=O) groups is 3. The van der Waals surface area contributed by atoms with Crippen LogP contribution in [0.2, 0.25) is 0 Å². The Bertz CT molecular complexity index is 914. The molecule has 0 radical (unpaired) electrons.